The molecule has 1 amide bonds. The summed E-state index contributed by atoms with van der Waals surface area (Å²) in [5.74, 6) is 0.262. The lowest BCUT2D eigenvalue weighted by Gasteiger charge is -2.33. The molecule has 126 valence electrons. The molecular formula is C21H26N2O. The van der Waals surface area contributed by atoms with Crippen LogP contribution in [0.1, 0.15) is 29.5 Å². The van der Waals surface area contributed by atoms with Crippen LogP contribution in [0, 0.1) is 26.7 Å². The minimum atomic E-state index is 0.104. The van der Waals surface area contributed by atoms with E-state index < -0.39 is 0 Å². The highest BCUT2D eigenvalue weighted by Crippen LogP contribution is 2.25. The highest BCUT2D eigenvalue weighted by molar-refractivity contribution is 5.93. The summed E-state index contributed by atoms with van der Waals surface area (Å²) in [7, 11) is 0. The molecule has 0 saturated carbocycles. The fourth-order valence-electron chi connectivity index (χ4n) is 3.34. The van der Waals surface area contributed by atoms with E-state index in [-0.39, 0.29) is 11.8 Å². The lowest BCUT2D eigenvalue weighted by atomic mass is 9.95. The van der Waals surface area contributed by atoms with Crippen LogP contribution in [0.4, 0.5) is 11.4 Å². The zero-order valence-electron chi connectivity index (χ0n) is 14.8. The normalized spacial score (nSPS) is 15.4. The van der Waals surface area contributed by atoms with Crippen molar-refractivity contribution in [2.45, 2.75) is 33.6 Å². The van der Waals surface area contributed by atoms with Crippen molar-refractivity contribution >= 4 is 17.3 Å². The highest BCUT2D eigenvalue weighted by Gasteiger charge is 2.25. The fourth-order valence-corrected chi connectivity index (χ4v) is 3.34. The van der Waals surface area contributed by atoms with E-state index >= 15 is 0 Å². The van der Waals surface area contributed by atoms with E-state index in [1.807, 2.05) is 19.1 Å². The average molecular weight is 322 g/mol. The van der Waals surface area contributed by atoms with Crippen LogP contribution in [-0.4, -0.2) is 19.0 Å². The molecule has 1 aliphatic rings. The number of hydrogen-bond donors (Lipinski definition) is 1. The molecule has 1 fully saturated rings. The number of piperidine rings is 1. The summed E-state index contributed by atoms with van der Waals surface area (Å²) in [6.45, 7) is 8.09. The summed E-state index contributed by atoms with van der Waals surface area (Å²) < 4.78 is 0. The molecule has 1 heterocycles. The minimum absolute atomic E-state index is 0.104. The van der Waals surface area contributed by atoms with Crippen molar-refractivity contribution in [1.29, 1.82) is 0 Å². The molecule has 0 spiro atoms. The number of benzene rings is 2. The van der Waals surface area contributed by atoms with Gasteiger partial charge in [-0.1, -0.05) is 35.4 Å². The standard InChI is InChI=1S/C21H26N2O/c1-15-4-7-19(8-5-15)23-12-10-18(11-13-23)21(24)22-20-9-6-16(2)14-17(20)3/h4-9,14,18H,10-13H2,1-3H3,(H,22,24). The van der Waals surface area contributed by atoms with Crippen molar-refractivity contribution < 1.29 is 4.79 Å². The number of carbonyl (C=O) groups is 1. The Bertz CT molecular complexity index is 713. The molecule has 0 aliphatic carbocycles. The first-order valence-corrected chi connectivity index (χ1v) is 8.72. The van der Waals surface area contributed by atoms with E-state index in [0.29, 0.717) is 0 Å². The number of amides is 1. The molecule has 0 bridgehead atoms. The second-order valence-corrected chi connectivity index (χ2v) is 6.90. The van der Waals surface area contributed by atoms with Crippen molar-refractivity contribution in [3.05, 3.63) is 59.2 Å². The third-order valence-electron chi connectivity index (χ3n) is 4.90. The highest BCUT2D eigenvalue weighted by atomic mass is 16.1. The Morgan fingerprint density at radius 3 is 2.21 bits per heavy atom. The SMILES string of the molecule is Cc1ccc(N2CCC(C(=O)Nc3ccc(C)cc3C)CC2)cc1. The largest absolute Gasteiger partial charge is 0.371 e. The molecule has 0 unspecified atom stereocenters. The quantitative estimate of drug-likeness (QED) is 0.904. The maximum absolute atomic E-state index is 12.6. The lowest BCUT2D eigenvalue weighted by molar-refractivity contribution is -0.120. The second kappa shape index (κ2) is 7.08. The maximum atomic E-state index is 12.6. The fraction of sp³-hybridized carbons (Fsp3) is 0.381. The summed E-state index contributed by atoms with van der Waals surface area (Å²) in [4.78, 5) is 14.9. The van der Waals surface area contributed by atoms with E-state index in [0.717, 1.165) is 37.2 Å². The minimum Gasteiger partial charge on any atom is -0.371 e. The van der Waals surface area contributed by atoms with Crippen molar-refractivity contribution in [2.24, 2.45) is 5.92 Å². The van der Waals surface area contributed by atoms with Crippen LogP contribution in [0.2, 0.25) is 0 Å². The van der Waals surface area contributed by atoms with Crippen LogP contribution in [0.25, 0.3) is 0 Å². The number of rotatable bonds is 3. The summed E-state index contributed by atoms with van der Waals surface area (Å²) in [5, 5.41) is 3.11. The molecule has 0 atom stereocenters. The van der Waals surface area contributed by atoms with Gasteiger partial charge in [-0.25, -0.2) is 0 Å². The molecule has 3 nitrogen and oxygen atoms in total. The number of nitrogens with zero attached hydrogens (tertiary/aromatic N) is 1. The van der Waals surface area contributed by atoms with Gasteiger partial charge >= 0.3 is 0 Å². The van der Waals surface area contributed by atoms with Gasteiger partial charge in [-0.15, -0.1) is 0 Å². The zero-order valence-corrected chi connectivity index (χ0v) is 14.8. The molecule has 2 aromatic rings. The van der Waals surface area contributed by atoms with Crippen LogP contribution in [0.5, 0.6) is 0 Å². The Morgan fingerprint density at radius 2 is 1.58 bits per heavy atom. The third kappa shape index (κ3) is 3.78. The van der Waals surface area contributed by atoms with Crippen molar-refractivity contribution in [2.75, 3.05) is 23.3 Å². The van der Waals surface area contributed by atoms with Gasteiger partial charge in [0, 0.05) is 30.4 Å². The van der Waals surface area contributed by atoms with E-state index in [2.05, 4.69) is 54.4 Å². The monoisotopic (exact) mass is 322 g/mol. The molecular weight excluding hydrogens is 296 g/mol. The molecule has 1 saturated heterocycles. The van der Waals surface area contributed by atoms with Crippen LogP contribution in [0.3, 0.4) is 0 Å². The molecule has 3 rings (SSSR count). The van der Waals surface area contributed by atoms with Crippen molar-refractivity contribution in [1.82, 2.24) is 0 Å². The smallest absolute Gasteiger partial charge is 0.227 e. The van der Waals surface area contributed by atoms with Gasteiger partial charge in [0.25, 0.3) is 0 Å². The van der Waals surface area contributed by atoms with Gasteiger partial charge in [-0.05, 0) is 57.4 Å². The van der Waals surface area contributed by atoms with Crippen molar-refractivity contribution in [3.8, 4) is 0 Å². The molecule has 3 heteroatoms. The first-order chi connectivity index (χ1) is 11.5. The molecule has 0 aromatic heterocycles. The summed E-state index contributed by atoms with van der Waals surface area (Å²) in [6.07, 6.45) is 1.81. The van der Waals surface area contributed by atoms with Crippen LogP contribution < -0.4 is 10.2 Å². The molecule has 1 N–H and O–H groups in total. The molecule has 0 radical (unpaired) electrons. The second-order valence-electron chi connectivity index (χ2n) is 6.90. The Labute approximate surface area is 144 Å². The van der Waals surface area contributed by atoms with Crippen LogP contribution in [0.15, 0.2) is 42.5 Å². The van der Waals surface area contributed by atoms with Gasteiger partial charge in [0.15, 0.2) is 0 Å². The number of carbonyl (C=O) groups excluding carboxylic acids is 1. The average Bonchev–Trinajstić information content (AvgIpc) is 2.58. The zero-order chi connectivity index (χ0) is 17.1. The van der Waals surface area contributed by atoms with E-state index in [9.17, 15) is 4.79 Å². The Kier molecular flexibility index (Phi) is 4.89. The van der Waals surface area contributed by atoms with E-state index in [1.54, 1.807) is 0 Å². The lowest BCUT2D eigenvalue weighted by Crippen LogP contribution is -2.38. The molecule has 24 heavy (non-hydrogen) atoms. The number of hydrogen-bond acceptors (Lipinski definition) is 2. The van der Waals surface area contributed by atoms with Crippen LogP contribution in [-0.2, 0) is 4.79 Å². The van der Waals surface area contributed by atoms with Gasteiger partial charge < -0.3 is 10.2 Å². The predicted molar refractivity (Wildman–Crippen MR) is 101 cm³/mol. The Balaban J connectivity index is 1.58. The number of anilines is 2. The molecule has 2 aromatic carbocycles. The topological polar surface area (TPSA) is 32.3 Å². The summed E-state index contributed by atoms with van der Waals surface area (Å²) >= 11 is 0. The number of nitrogens with one attached hydrogen (secondary N) is 1. The van der Waals surface area contributed by atoms with Gasteiger partial charge in [0.1, 0.15) is 0 Å². The van der Waals surface area contributed by atoms with Gasteiger partial charge in [-0.2, -0.15) is 0 Å². The predicted octanol–water partition coefficient (Wildman–Crippen LogP) is 4.47. The van der Waals surface area contributed by atoms with Crippen LogP contribution >= 0.6 is 0 Å². The first-order valence-electron chi connectivity index (χ1n) is 8.72. The number of aryl methyl sites for hydroxylation is 3. The maximum Gasteiger partial charge on any atom is 0.227 e. The van der Waals surface area contributed by atoms with E-state index in [1.165, 1.54) is 16.8 Å². The first kappa shape index (κ1) is 16.6. The van der Waals surface area contributed by atoms with E-state index in [4.69, 9.17) is 0 Å². The Morgan fingerprint density at radius 1 is 0.958 bits per heavy atom. The van der Waals surface area contributed by atoms with Gasteiger partial charge in [0.2, 0.25) is 5.91 Å². The Hall–Kier alpha value is -2.29. The van der Waals surface area contributed by atoms with Gasteiger partial charge in [0.05, 0.1) is 0 Å². The van der Waals surface area contributed by atoms with Crippen molar-refractivity contribution in [3.63, 3.8) is 0 Å². The summed E-state index contributed by atoms with van der Waals surface area (Å²) in [6, 6.07) is 14.8. The van der Waals surface area contributed by atoms with Gasteiger partial charge in [-0.3, -0.25) is 4.79 Å². The summed E-state index contributed by atoms with van der Waals surface area (Å²) in [5.41, 5.74) is 5.82. The molecule has 1 aliphatic heterocycles. The third-order valence-corrected chi connectivity index (χ3v) is 4.90.